The van der Waals surface area contributed by atoms with Crippen LogP contribution in [0.25, 0.3) is 0 Å². The van der Waals surface area contributed by atoms with E-state index >= 15 is 0 Å². The van der Waals surface area contributed by atoms with E-state index in [9.17, 15) is 8.42 Å². The number of sulfonamides is 1. The summed E-state index contributed by atoms with van der Waals surface area (Å²) in [5, 5.41) is 0.498. The number of hydrogen-bond acceptors (Lipinski definition) is 2. The topological polar surface area (TPSA) is 46.2 Å². The molecule has 0 saturated carbocycles. The zero-order valence-corrected chi connectivity index (χ0v) is 15.8. The summed E-state index contributed by atoms with van der Waals surface area (Å²) >= 11 is 23.7. The van der Waals surface area contributed by atoms with E-state index in [2.05, 4.69) is 4.72 Å². The highest BCUT2D eigenvalue weighted by atomic mass is 35.6. The fraction of sp³-hybridized carbons (Fsp3) is 0.200. The average Bonchev–Trinajstić information content (AvgIpc) is 2.45. The minimum absolute atomic E-state index is 0.0938. The highest BCUT2D eigenvalue weighted by Gasteiger charge is 2.37. The van der Waals surface area contributed by atoms with Gasteiger partial charge in [-0.05, 0) is 36.8 Å². The van der Waals surface area contributed by atoms with Gasteiger partial charge in [0.15, 0.2) is 0 Å². The van der Waals surface area contributed by atoms with Crippen molar-refractivity contribution >= 4 is 56.4 Å². The number of hydrogen-bond donors (Lipinski definition) is 1. The van der Waals surface area contributed by atoms with E-state index in [1.807, 2.05) is 6.92 Å². The number of rotatable bonds is 4. The van der Waals surface area contributed by atoms with Gasteiger partial charge < -0.3 is 0 Å². The van der Waals surface area contributed by atoms with Crippen LogP contribution >= 0.6 is 46.4 Å². The normalized spacial score (nSPS) is 13.8. The molecule has 0 unspecified atom stereocenters. The smallest absolute Gasteiger partial charge is 0.207 e. The highest BCUT2D eigenvalue weighted by Crippen LogP contribution is 2.40. The summed E-state index contributed by atoms with van der Waals surface area (Å²) in [6.45, 7) is 1.86. The van der Waals surface area contributed by atoms with Gasteiger partial charge in [0, 0.05) is 5.02 Å². The Hall–Kier alpha value is -0.490. The molecule has 0 amide bonds. The molecule has 0 fully saturated rings. The van der Waals surface area contributed by atoms with Crippen LogP contribution in [0.5, 0.6) is 0 Å². The Morgan fingerprint density at radius 1 is 0.957 bits per heavy atom. The van der Waals surface area contributed by atoms with Gasteiger partial charge in [-0.15, -0.1) is 0 Å². The SMILES string of the molecule is Cc1ccc(S(=O)(=O)N[C@H](c2ccc(Cl)cc2)C(Cl)(Cl)Cl)cc1. The van der Waals surface area contributed by atoms with Gasteiger partial charge in [-0.25, -0.2) is 8.42 Å². The molecule has 0 radical (unpaired) electrons. The van der Waals surface area contributed by atoms with Crippen LogP contribution in [0.15, 0.2) is 53.4 Å². The van der Waals surface area contributed by atoms with E-state index in [0.29, 0.717) is 10.6 Å². The molecule has 2 aromatic rings. The Labute approximate surface area is 155 Å². The molecule has 0 aromatic heterocycles. The second-order valence-electron chi connectivity index (χ2n) is 4.96. The summed E-state index contributed by atoms with van der Waals surface area (Å²) in [4.78, 5) is 0.0938. The van der Waals surface area contributed by atoms with Crippen molar-refractivity contribution in [2.24, 2.45) is 0 Å². The molecule has 0 aliphatic rings. The summed E-state index contributed by atoms with van der Waals surface area (Å²) in [7, 11) is -3.85. The Bertz CT molecular complexity index is 769. The summed E-state index contributed by atoms with van der Waals surface area (Å²) in [5.41, 5.74) is 1.43. The minimum Gasteiger partial charge on any atom is -0.207 e. The molecule has 2 rings (SSSR count). The fourth-order valence-electron chi connectivity index (χ4n) is 1.92. The first-order valence-electron chi connectivity index (χ1n) is 6.51. The maximum absolute atomic E-state index is 12.5. The molecule has 0 spiro atoms. The number of nitrogens with one attached hydrogen (secondary N) is 1. The van der Waals surface area contributed by atoms with Crippen LogP contribution in [0.4, 0.5) is 0 Å². The Kier molecular flexibility index (Phi) is 5.88. The van der Waals surface area contributed by atoms with Gasteiger partial charge in [-0.1, -0.05) is 76.2 Å². The van der Waals surface area contributed by atoms with Crippen molar-refractivity contribution in [3.05, 3.63) is 64.7 Å². The Morgan fingerprint density at radius 3 is 1.96 bits per heavy atom. The number of benzene rings is 2. The first kappa shape index (κ1) is 18.8. The lowest BCUT2D eigenvalue weighted by molar-refractivity contribution is 0.558. The Morgan fingerprint density at radius 2 is 1.48 bits per heavy atom. The monoisotopic (exact) mass is 411 g/mol. The van der Waals surface area contributed by atoms with Crippen molar-refractivity contribution in [3.63, 3.8) is 0 Å². The van der Waals surface area contributed by atoms with Crippen LogP contribution in [0, 0.1) is 6.92 Å². The minimum atomic E-state index is -3.85. The standard InChI is InChI=1S/C15H13Cl4NO2S/c1-10-2-8-13(9-3-10)23(21,22)20-14(15(17,18)19)11-4-6-12(16)7-5-11/h2-9,14,20H,1H3/t14-/m1/s1. The Balaban J connectivity index is 2.38. The highest BCUT2D eigenvalue weighted by molar-refractivity contribution is 7.89. The molecule has 23 heavy (non-hydrogen) atoms. The molecule has 124 valence electrons. The van der Waals surface area contributed by atoms with Crippen molar-refractivity contribution in [2.75, 3.05) is 0 Å². The van der Waals surface area contributed by atoms with Gasteiger partial charge in [-0.3, -0.25) is 0 Å². The third-order valence-corrected chi connectivity index (χ3v) is 5.48. The zero-order chi connectivity index (χ0) is 17.3. The summed E-state index contributed by atoms with van der Waals surface area (Å²) in [6, 6.07) is 11.7. The summed E-state index contributed by atoms with van der Waals surface area (Å²) in [6.07, 6.45) is 0. The van der Waals surface area contributed by atoms with E-state index in [0.717, 1.165) is 5.56 Å². The fourth-order valence-corrected chi connectivity index (χ4v) is 4.04. The van der Waals surface area contributed by atoms with E-state index in [1.54, 1.807) is 36.4 Å². The van der Waals surface area contributed by atoms with Crippen molar-refractivity contribution in [1.82, 2.24) is 4.72 Å². The largest absolute Gasteiger partial charge is 0.241 e. The van der Waals surface area contributed by atoms with Crippen molar-refractivity contribution < 1.29 is 8.42 Å². The average molecular weight is 413 g/mol. The maximum atomic E-state index is 12.5. The first-order valence-corrected chi connectivity index (χ1v) is 9.50. The van der Waals surface area contributed by atoms with Crippen LogP contribution in [0.2, 0.25) is 5.02 Å². The van der Waals surface area contributed by atoms with E-state index < -0.39 is 19.9 Å². The molecule has 1 atom stereocenters. The second kappa shape index (κ2) is 7.18. The molecule has 0 saturated heterocycles. The molecule has 0 heterocycles. The quantitative estimate of drug-likeness (QED) is 0.715. The predicted molar refractivity (Wildman–Crippen MR) is 96.0 cm³/mol. The second-order valence-corrected chi connectivity index (χ2v) is 9.48. The third-order valence-electron chi connectivity index (χ3n) is 3.13. The summed E-state index contributed by atoms with van der Waals surface area (Å²) in [5.74, 6) is 0. The number of halogens is 4. The lowest BCUT2D eigenvalue weighted by atomic mass is 10.1. The molecular formula is C15H13Cl4NO2S. The molecular weight excluding hydrogens is 400 g/mol. The van der Waals surface area contributed by atoms with Crippen LogP contribution in [0.3, 0.4) is 0 Å². The van der Waals surface area contributed by atoms with Crippen LogP contribution in [-0.2, 0) is 10.0 Å². The van der Waals surface area contributed by atoms with E-state index in [4.69, 9.17) is 46.4 Å². The van der Waals surface area contributed by atoms with Gasteiger partial charge in [0.1, 0.15) is 0 Å². The van der Waals surface area contributed by atoms with Crippen molar-refractivity contribution in [1.29, 1.82) is 0 Å². The van der Waals surface area contributed by atoms with Gasteiger partial charge in [0.25, 0.3) is 0 Å². The van der Waals surface area contributed by atoms with Gasteiger partial charge in [-0.2, -0.15) is 4.72 Å². The van der Waals surface area contributed by atoms with Crippen LogP contribution < -0.4 is 4.72 Å². The van der Waals surface area contributed by atoms with Gasteiger partial charge >= 0.3 is 0 Å². The van der Waals surface area contributed by atoms with Crippen molar-refractivity contribution in [3.8, 4) is 0 Å². The zero-order valence-electron chi connectivity index (χ0n) is 11.9. The molecule has 3 nitrogen and oxygen atoms in total. The molecule has 0 aliphatic heterocycles. The van der Waals surface area contributed by atoms with Crippen LogP contribution in [-0.4, -0.2) is 12.2 Å². The molecule has 8 heteroatoms. The molecule has 1 N–H and O–H groups in total. The first-order chi connectivity index (χ1) is 10.6. The lowest BCUT2D eigenvalue weighted by Gasteiger charge is -2.26. The van der Waals surface area contributed by atoms with E-state index in [-0.39, 0.29) is 4.90 Å². The van der Waals surface area contributed by atoms with Gasteiger partial charge in [0.05, 0.1) is 10.9 Å². The van der Waals surface area contributed by atoms with Crippen LogP contribution in [0.1, 0.15) is 17.2 Å². The molecule has 2 aromatic carbocycles. The summed E-state index contributed by atoms with van der Waals surface area (Å²) < 4.78 is 25.6. The number of aryl methyl sites for hydroxylation is 1. The molecule has 0 bridgehead atoms. The molecule has 0 aliphatic carbocycles. The maximum Gasteiger partial charge on any atom is 0.241 e. The lowest BCUT2D eigenvalue weighted by Crippen LogP contribution is -2.36. The van der Waals surface area contributed by atoms with E-state index in [1.165, 1.54) is 12.1 Å². The number of alkyl halides is 3. The van der Waals surface area contributed by atoms with Gasteiger partial charge in [0.2, 0.25) is 13.8 Å². The van der Waals surface area contributed by atoms with Crippen molar-refractivity contribution in [2.45, 2.75) is 21.7 Å². The third kappa shape index (κ3) is 4.99. The predicted octanol–water partition coefficient (Wildman–Crippen LogP) is 5.04.